The van der Waals surface area contributed by atoms with Gasteiger partial charge in [-0.05, 0) is 86.8 Å². The predicted molar refractivity (Wildman–Crippen MR) is 140 cm³/mol. The van der Waals surface area contributed by atoms with E-state index >= 15 is 0 Å². The third kappa shape index (κ3) is 5.54. The molecule has 3 amide bonds. The van der Waals surface area contributed by atoms with Gasteiger partial charge in [-0.1, -0.05) is 26.0 Å². The molecule has 0 unspecified atom stereocenters. The van der Waals surface area contributed by atoms with Crippen molar-refractivity contribution in [2.24, 2.45) is 11.8 Å². The summed E-state index contributed by atoms with van der Waals surface area (Å²) in [4.78, 5) is 30.7. The second kappa shape index (κ2) is 10.5. The van der Waals surface area contributed by atoms with Crippen molar-refractivity contribution < 1.29 is 9.59 Å². The molecule has 0 bridgehead atoms. The fourth-order valence-corrected chi connectivity index (χ4v) is 4.86. The zero-order chi connectivity index (χ0) is 24.2. The molecule has 2 aromatic carbocycles. The summed E-state index contributed by atoms with van der Waals surface area (Å²) in [5.74, 6) is 1.45. The Labute approximate surface area is 203 Å². The summed E-state index contributed by atoms with van der Waals surface area (Å²) in [6, 6.07) is 11.3. The van der Waals surface area contributed by atoms with Crippen molar-refractivity contribution in [1.82, 2.24) is 4.90 Å². The number of hydrogen-bond acceptors (Lipinski definition) is 3. The Morgan fingerprint density at radius 2 is 1.50 bits per heavy atom. The molecule has 2 saturated heterocycles. The molecule has 0 aromatic heterocycles. The number of aryl methyl sites for hydroxylation is 1. The van der Waals surface area contributed by atoms with Crippen molar-refractivity contribution in [3.63, 3.8) is 0 Å². The largest absolute Gasteiger partial charge is 0.371 e. The number of amides is 3. The molecule has 4 rings (SSSR count). The number of hydrogen-bond donors (Lipinski definition) is 2. The Kier molecular flexibility index (Phi) is 7.44. The maximum atomic E-state index is 13.6. The summed E-state index contributed by atoms with van der Waals surface area (Å²) in [7, 11) is 0. The average molecular weight is 463 g/mol. The van der Waals surface area contributed by atoms with Crippen molar-refractivity contribution in [2.45, 2.75) is 53.4 Å². The number of rotatable bonds is 4. The van der Waals surface area contributed by atoms with Crippen molar-refractivity contribution in [1.29, 1.82) is 0 Å². The Morgan fingerprint density at radius 1 is 0.853 bits per heavy atom. The molecule has 0 aliphatic carbocycles. The van der Waals surface area contributed by atoms with Crippen molar-refractivity contribution in [3.05, 3.63) is 53.1 Å². The summed E-state index contributed by atoms with van der Waals surface area (Å²) in [5, 5.41) is 5.88. The van der Waals surface area contributed by atoms with Crippen LogP contribution in [-0.4, -0.2) is 43.0 Å². The minimum Gasteiger partial charge on any atom is -0.371 e. The van der Waals surface area contributed by atoms with Crippen molar-refractivity contribution in [3.8, 4) is 0 Å². The van der Waals surface area contributed by atoms with Gasteiger partial charge in [0.15, 0.2) is 0 Å². The summed E-state index contributed by atoms with van der Waals surface area (Å²) in [5.41, 5.74) is 5.26. The summed E-state index contributed by atoms with van der Waals surface area (Å²) >= 11 is 0. The van der Waals surface area contributed by atoms with Gasteiger partial charge in [0.2, 0.25) is 0 Å². The molecule has 0 spiro atoms. The molecule has 6 nitrogen and oxygen atoms in total. The number of urea groups is 1. The standard InChI is InChI=1S/C28H38N4O2/c1-19-10-14-31(15-11-19)26-9-8-23(18-24(26)27(33)32-16-12-20(2)13-17-32)29-28(34)30-25-7-5-6-21(3)22(25)4/h5-9,18-20H,10-17H2,1-4H3,(H2,29,30,34). The van der Waals surface area contributed by atoms with Crippen LogP contribution < -0.4 is 15.5 Å². The molecule has 2 aromatic rings. The molecule has 2 aliphatic rings. The Morgan fingerprint density at radius 3 is 2.18 bits per heavy atom. The van der Waals surface area contributed by atoms with Gasteiger partial charge in [-0.15, -0.1) is 0 Å². The zero-order valence-corrected chi connectivity index (χ0v) is 21.0. The van der Waals surface area contributed by atoms with Crippen LogP contribution in [0.5, 0.6) is 0 Å². The third-order valence-corrected chi connectivity index (χ3v) is 7.53. The number of nitrogens with one attached hydrogen (secondary N) is 2. The predicted octanol–water partition coefficient (Wildman–Crippen LogP) is 6.06. The van der Waals surface area contributed by atoms with E-state index in [9.17, 15) is 9.59 Å². The van der Waals surface area contributed by atoms with Gasteiger partial charge in [-0.2, -0.15) is 0 Å². The summed E-state index contributed by atoms with van der Waals surface area (Å²) < 4.78 is 0. The highest BCUT2D eigenvalue weighted by molar-refractivity contribution is 6.04. The van der Waals surface area contributed by atoms with E-state index in [1.54, 1.807) is 0 Å². The average Bonchev–Trinajstić information content (AvgIpc) is 2.83. The van der Waals surface area contributed by atoms with E-state index in [2.05, 4.69) is 29.4 Å². The molecule has 6 heteroatoms. The normalized spacial score (nSPS) is 17.5. The SMILES string of the molecule is Cc1cccc(NC(=O)Nc2ccc(N3CCC(C)CC3)c(C(=O)N3CCC(C)CC3)c2)c1C. The Bertz CT molecular complexity index is 1030. The first-order chi connectivity index (χ1) is 16.3. The molecule has 2 heterocycles. The van der Waals surface area contributed by atoms with E-state index in [-0.39, 0.29) is 11.9 Å². The fraction of sp³-hybridized carbons (Fsp3) is 0.500. The highest BCUT2D eigenvalue weighted by Crippen LogP contribution is 2.31. The van der Waals surface area contributed by atoms with Gasteiger partial charge in [0.1, 0.15) is 0 Å². The Balaban J connectivity index is 1.56. The minimum atomic E-state index is -0.307. The highest BCUT2D eigenvalue weighted by atomic mass is 16.2. The van der Waals surface area contributed by atoms with Crippen molar-refractivity contribution in [2.75, 3.05) is 41.7 Å². The quantitative estimate of drug-likeness (QED) is 0.581. The topological polar surface area (TPSA) is 64.7 Å². The van der Waals surface area contributed by atoms with Crippen LogP contribution >= 0.6 is 0 Å². The van der Waals surface area contributed by atoms with Gasteiger partial charge in [-0.25, -0.2) is 4.79 Å². The molecule has 0 radical (unpaired) electrons. The summed E-state index contributed by atoms with van der Waals surface area (Å²) in [6.07, 6.45) is 4.34. The molecule has 2 aliphatic heterocycles. The number of carbonyl (C=O) groups is 2. The van der Waals surface area contributed by atoms with E-state index < -0.39 is 0 Å². The fourth-order valence-electron chi connectivity index (χ4n) is 4.86. The second-order valence-electron chi connectivity index (χ2n) is 10.2. The lowest BCUT2D eigenvalue weighted by atomic mass is 9.96. The number of carbonyl (C=O) groups excluding carboxylic acids is 2. The first-order valence-electron chi connectivity index (χ1n) is 12.6. The number of nitrogens with zero attached hydrogens (tertiary/aromatic N) is 2. The number of anilines is 3. The minimum absolute atomic E-state index is 0.0686. The second-order valence-corrected chi connectivity index (χ2v) is 10.2. The van der Waals surface area contributed by atoms with E-state index in [0.717, 1.165) is 74.4 Å². The van der Waals surface area contributed by atoms with Crippen LogP contribution in [0.2, 0.25) is 0 Å². The maximum absolute atomic E-state index is 13.6. The maximum Gasteiger partial charge on any atom is 0.323 e. The molecular formula is C28H38N4O2. The lowest BCUT2D eigenvalue weighted by Crippen LogP contribution is -2.40. The van der Waals surface area contributed by atoms with E-state index in [0.29, 0.717) is 23.1 Å². The smallest absolute Gasteiger partial charge is 0.323 e. The van der Waals surface area contributed by atoms with Gasteiger partial charge in [0, 0.05) is 43.2 Å². The van der Waals surface area contributed by atoms with Crippen LogP contribution in [0.1, 0.15) is 61.0 Å². The lowest BCUT2D eigenvalue weighted by molar-refractivity contribution is 0.0697. The lowest BCUT2D eigenvalue weighted by Gasteiger charge is -2.35. The molecule has 2 fully saturated rings. The monoisotopic (exact) mass is 462 g/mol. The number of likely N-dealkylation sites (tertiary alicyclic amines) is 1. The van der Waals surface area contributed by atoms with Gasteiger partial charge < -0.3 is 20.4 Å². The summed E-state index contributed by atoms with van der Waals surface area (Å²) in [6.45, 7) is 12.1. The molecule has 0 atom stereocenters. The van der Waals surface area contributed by atoms with Gasteiger partial charge in [0.05, 0.1) is 5.56 Å². The molecule has 182 valence electrons. The van der Waals surface area contributed by atoms with Crippen LogP contribution in [0.4, 0.5) is 21.9 Å². The van der Waals surface area contributed by atoms with Crippen molar-refractivity contribution >= 4 is 29.0 Å². The van der Waals surface area contributed by atoms with E-state index in [1.807, 2.05) is 55.1 Å². The van der Waals surface area contributed by atoms with Crippen LogP contribution in [0.25, 0.3) is 0 Å². The molecule has 0 saturated carbocycles. The van der Waals surface area contributed by atoms with Crippen LogP contribution in [0, 0.1) is 25.7 Å². The number of piperidine rings is 2. The van der Waals surface area contributed by atoms with Crippen LogP contribution in [0.3, 0.4) is 0 Å². The van der Waals surface area contributed by atoms with E-state index in [4.69, 9.17) is 0 Å². The van der Waals surface area contributed by atoms with Gasteiger partial charge >= 0.3 is 6.03 Å². The zero-order valence-electron chi connectivity index (χ0n) is 21.0. The third-order valence-electron chi connectivity index (χ3n) is 7.53. The Hall–Kier alpha value is -3.02. The molecule has 34 heavy (non-hydrogen) atoms. The first kappa shape index (κ1) is 24.1. The van der Waals surface area contributed by atoms with Gasteiger partial charge in [-0.3, -0.25) is 4.79 Å². The molecule has 2 N–H and O–H groups in total. The molecular weight excluding hydrogens is 424 g/mol. The van der Waals surface area contributed by atoms with Crippen LogP contribution in [-0.2, 0) is 0 Å². The van der Waals surface area contributed by atoms with E-state index in [1.165, 1.54) is 0 Å². The van der Waals surface area contributed by atoms with Crippen LogP contribution in [0.15, 0.2) is 36.4 Å². The first-order valence-corrected chi connectivity index (χ1v) is 12.6. The number of benzene rings is 2. The van der Waals surface area contributed by atoms with Gasteiger partial charge in [0.25, 0.3) is 5.91 Å². The highest BCUT2D eigenvalue weighted by Gasteiger charge is 2.27.